The smallest absolute Gasteiger partial charge is 0.257 e. The zero-order valence-corrected chi connectivity index (χ0v) is 18.7. The minimum atomic E-state index is -0.233. The molecule has 1 saturated carbocycles. The molecule has 1 aromatic rings. The molecule has 0 radical (unpaired) electrons. The maximum Gasteiger partial charge on any atom is 0.257 e. The number of likely N-dealkylation sites (tertiary alicyclic amines) is 2. The summed E-state index contributed by atoms with van der Waals surface area (Å²) >= 11 is 6.07. The number of hydrogen-bond acceptors (Lipinski definition) is 4. The Labute approximate surface area is 188 Å². The number of carbonyl (C=O) groups is 3. The van der Waals surface area contributed by atoms with Crippen molar-refractivity contribution in [3.8, 4) is 5.75 Å². The summed E-state index contributed by atoms with van der Waals surface area (Å²) in [6.07, 6.45) is 4.36. The van der Waals surface area contributed by atoms with Gasteiger partial charge in [0, 0.05) is 44.2 Å². The zero-order chi connectivity index (χ0) is 22.0. The molecule has 2 saturated heterocycles. The molecule has 4 rings (SSSR count). The molecule has 31 heavy (non-hydrogen) atoms. The van der Waals surface area contributed by atoms with E-state index in [0.29, 0.717) is 60.8 Å². The summed E-state index contributed by atoms with van der Waals surface area (Å²) in [6.45, 7) is 3.17. The number of ether oxygens (including phenoxy) is 1. The highest BCUT2D eigenvalue weighted by Crippen LogP contribution is 2.29. The van der Waals surface area contributed by atoms with Crippen molar-refractivity contribution in [2.75, 3.05) is 39.8 Å². The lowest BCUT2D eigenvalue weighted by molar-refractivity contribution is -0.129. The second kappa shape index (κ2) is 9.47. The molecular weight excluding hydrogens is 418 g/mol. The standard InChI is InChI=1S/C23H30ClN3O4/c1-31-20-5-4-18(24)11-19(20)23(30)26-8-6-16(7-9-26)13-27-14-17(10-21(27)28)22(29)25-12-15-2-3-15/h4-5,11,15-17H,2-3,6-10,12-14H2,1H3,(H,25,29). The summed E-state index contributed by atoms with van der Waals surface area (Å²) in [5.74, 6) is 1.25. The van der Waals surface area contributed by atoms with Crippen molar-refractivity contribution in [2.24, 2.45) is 17.8 Å². The fraction of sp³-hybridized carbons (Fsp3) is 0.609. The lowest BCUT2D eigenvalue weighted by Gasteiger charge is -2.34. The molecule has 0 spiro atoms. The topological polar surface area (TPSA) is 79.0 Å². The van der Waals surface area contributed by atoms with E-state index in [-0.39, 0.29) is 23.6 Å². The quantitative estimate of drug-likeness (QED) is 0.696. The molecule has 1 N–H and O–H groups in total. The normalized spacial score (nSPS) is 22.0. The second-order valence-corrected chi connectivity index (χ2v) is 9.40. The van der Waals surface area contributed by atoms with Gasteiger partial charge in [-0.2, -0.15) is 0 Å². The Hall–Kier alpha value is -2.28. The Kier molecular flexibility index (Phi) is 6.70. The van der Waals surface area contributed by atoms with E-state index in [0.717, 1.165) is 19.4 Å². The molecule has 7 nitrogen and oxygen atoms in total. The average Bonchev–Trinajstić information content (AvgIpc) is 3.54. The third-order valence-corrected chi connectivity index (χ3v) is 6.85. The first kappa shape index (κ1) is 21.9. The number of piperidine rings is 1. The van der Waals surface area contributed by atoms with Crippen LogP contribution in [0.25, 0.3) is 0 Å². The number of nitrogens with zero attached hydrogens (tertiary/aromatic N) is 2. The van der Waals surface area contributed by atoms with Crippen LogP contribution in [0.5, 0.6) is 5.75 Å². The largest absolute Gasteiger partial charge is 0.496 e. The number of methoxy groups -OCH3 is 1. The summed E-state index contributed by atoms with van der Waals surface area (Å²) in [4.78, 5) is 41.4. The van der Waals surface area contributed by atoms with Crippen LogP contribution in [-0.2, 0) is 9.59 Å². The van der Waals surface area contributed by atoms with Crippen LogP contribution in [0.3, 0.4) is 0 Å². The summed E-state index contributed by atoms with van der Waals surface area (Å²) in [5, 5.41) is 3.50. The maximum atomic E-state index is 12.9. The molecular formula is C23H30ClN3O4. The number of benzene rings is 1. The van der Waals surface area contributed by atoms with Gasteiger partial charge in [0.25, 0.3) is 5.91 Å². The minimum Gasteiger partial charge on any atom is -0.496 e. The van der Waals surface area contributed by atoms with Gasteiger partial charge >= 0.3 is 0 Å². The highest BCUT2D eigenvalue weighted by molar-refractivity contribution is 6.31. The molecule has 1 aliphatic carbocycles. The maximum absolute atomic E-state index is 12.9. The van der Waals surface area contributed by atoms with E-state index in [1.807, 2.05) is 9.80 Å². The van der Waals surface area contributed by atoms with E-state index in [2.05, 4.69) is 5.32 Å². The van der Waals surface area contributed by atoms with Crippen LogP contribution in [0, 0.1) is 17.8 Å². The second-order valence-electron chi connectivity index (χ2n) is 8.97. The van der Waals surface area contributed by atoms with E-state index in [1.165, 1.54) is 12.8 Å². The first-order valence-corrected chi connectivity index (χ1v) is 11.5. The van der Waals surface area contributed by atoms with Gasteiger partial charge in [-0.3, -0.25) is 14.4 Å². The fourth-order valence-electron chi connectivity index (χ4n) is 4.48. The summed E-state index contributed by atoms with van der Waals surface area (Å²) < 4.78 is 5.31. The van der Waals surface area contributed by atoms with Crippen LogP contribution in [0.1, 0.15) is 42.5 Å². The van der Waals surface area contributed by atoms with E-state index >= 15 is 0 Å². The van der Waals surface area contributed by atoms with Gasteiger partial charge in [-0.1, -0.05) is 11.6 Å². The van der Waals surface area contributed by atoms with E-state index in [1.54, 1.807) is 25.3 Å². The molecule has 0 bridgehead atoms. The van der Waals surface area contributed by atoms with Gasteiger partial charge in [-0.25, -0.2) is 0 Å². The van der Waals surface area contributed by atoms with Crippen LogP contribution < -0.4 is 10.1 Å². The number of rotatable bonds is 7. The lowest BCUT2D eigenvalue weighted by Crippen LogP contribution is -2.42. The Bertz CT molecular complexity index is 849. The molecule has 1 aromatic carbocycles. The number of carbonyl (C=O) groups excluding carboxylic acids is 3. The number of nitrogens with one attached hydrogen (secondary N) is 1. The highest BCUT2D eigenvalue weighted by Gasteiger charge is 2.36. The van der Waals surface area contributed by atoms with Crippen LogP contribution in [0.4, 0.5) is 0 Å². The zero-order valence-electron chi connectivity index (χ0n) is 17.9. The highest BCUT2D eigenvalue weighted by atomic mass is 35.5. The molecule has 2 aliphatic heterocycles. The predicted octanol–water partition coefficient (Wildman–Crippen LogP) is 2.58. The monoisotopic (exact) mass is 447 g/mol. The van der Waals surface area contributed by atoms with E-state index in [9.17, 15) is 14.4 Å². The first-order valence-electron chi connectivity index (χ1n) is 11.1. The lowest BCUT2D eigenvalue weighted by atomic mass is 9.95. The van der Waals surface area contributed by atoms with E-state index in [4.69, 9.17) is 16.3 Å². The van der Waals surface area contributed by atoms with Gasteiger partial charge in [-0.05, 0) is 55.7 Å². The van der Waals surface area contributed by atoms with Crippen molar-refractivity contribution in [1.29, 1.82) is 0 Å². The Morgan fingerprint density at radius 2 is 1.90 bits per heavy atom. The van der Waals surface area contributed by atoms with Gasteiger partial charge in [0.15, 0.2) is 0 Å². The Morgan fingerprint density at radius 3 is 2.58 bits per heavy atom. The summed E-state index contributed by atoms with van der Waals surface area (Å²) in [5.41, 5.74) is 0.475. The first-order chi connectivity index (χ1) is 14.9. The summed E-state index contributed by atoms with van der Waals surface area (Å²) in [7, 11) is 1.54. The third kappa shape index (κ3) is 5.32. The predicted molar refractivity (Wildman–Crippen MR) is 117 cm³/mol. The van der Waals surface area contributed by atoms with Gasteiger partial charge in [0.05, 0.1) is 18.6 Å². The van der Waals surface area contributed by atoms with Crippen molar-refractivity contribution in [3.05, 3.63) is 28.8 Å². The van der Waals surface area contributed by atoms with Crippen LogP contribution in [0.15, 0.2) is 18.2 Å². The van der Waals surface area contributed by atoms with Crippen molar-refractivity contribution in [2.45, 2.75) is 32.1 Å². The fourth-order valence-corrected chi connectivity index (χ4v) is 4.66. The Balaban J connectivity index is 1.26. The van der Waals surface area contributed by atoms with E-state index < -0.39 is 0 Å². The molecule has 3 amide bonds. The number of halogens is 1. The molecule has 3 aliphatic rings. The van der Waals surface area contributed by atoms with Crippen molar-refractivity contribution in [1.82, 2.24) is 15.1 Å². The average molecular weight is 448 g/mol. The molecule has 3 fully saturated rings. The van der Waals surface area contributed by atoms with Gasteiger partial charge in [-0.15, -0.1) is 0 Å². The van der Waals surface area contributed by atoms with Crippen molar-refractivity contribution < 1.29 is 19.1 Å². The third-order valence-electron chi connectivity index (χ3n) is 6.62. The number of amides is 3. The van der Waals surface area contributed by atoms with Crippen LogP contribution in [-0.4, -0.2) is 67.4 Å². The van der Waals surface area contributed by atoms with Gasteiger partial charge < -0.3 is 19.9 Å². The molecule has 8 heteroatoms. The molecule has 1 unspecified atom stereocenters. The van der Waals surface area contributed by atoms with Gasteiger partial charge in [0.2, 0.25) is 11.8 Å². The van der Waals surface area contributed by atoms with Crippen LogP contribution in [0.2, 0.25) is 5.02 Å². The molecule has 2 heterocycles. The van der Waals surface area contributed by atoms with Crippen molar-refractivity contribution in [3.63, 3.8) is 0 Å². The molecule has 1 atom stereocenters. The SMILES string of the molecule is COc1ccc(Cl)cc1C(=O)N1CCC(CN2CC(C(=O)NCC3CC3)CC2=O)CC1. The summed E-state index contributed by atoms with van der Waals surface area (Å²) in [6, 6.07) is 5.06. The Morgan fingerprint density at radius 1 is 1.16 bits per heavy atom. The minimum absolute atomic E-state index is 0.0126. The number of hydrogen-bond donors (Lipinski definition) is 1. The van der Waals surface area contributed by atoms with Crippen LogP contribution >= 0.6 is 11.6 Å². The van der Waals surface area contributed by atoms with Gasteiger partial charge in [0.1, 0.15) is 5.75 Å². The molecule has 168 valence electrons. The molecule has 0 aromatic heterocycles. The van der Waals surface area contributed by atoms with Crippen molar-refractivity contribution >= 4 is 29.3 Å².